The van der Waals surface area contributed by atoms with Crippen molar-refractivity contribution in [1.82, 2.24) is 4.31 Å². The molecular weight excluding hydrogens is 436 g/mol. The fraction of sp³-hybridized carbons (Fsp3) is 0.391. The van der Waals surface area contributed by atoms with Gasteiger partial charge in [-0.05, 0) is 74.2 Å². The first-order valence-corrected chi connectivity index (χ1v) is 11.5. The maximum atomic E-state index is 13.3. The van der Waals surface area contributed by atoms with Crippen LogP contribution in [0.3, 0.4) is 0 Å². The number of likely N-dealkylation sites (N-methyl/N-ethyl adjacent to an activating group) is 1. The van der Waals surface area contributed by atoms with E-state index in [1.54, 1.807) is 11.0 Å². The number of anilines is 1. The van der Waals surface area contributed by atoms with E-state index in [0.29, 0.717) is 23.2 Å². The molecule has 3 rings (SSSR count). The maximum absolute atomic E-state index is 13.3. The molecule has 0 unspecified atom stereocenters. The van der Waals surface area contributed by atoms with Crippen molar-refractivity contribution in [3.05, 3.63) is 53.1 Å². The monoisotopic (exact) mass is 462 g/mol. The van der Waals surface area contributed by atoms with Gasteiger partial charge in [-0.25, -0.2) is 9.10 Å². The van der Waals surface area contributed by atoms with Gasteiger partial charge in [0.05, 0.1) is 6.54 Å². The van der Waals surface area contributed by atoms with Gasteiger partial charge < -0.3 is 15.1 Å². The van der Waals surface area contributed by atoms with Crippen LogP contribution < -0.4 is 4.90 Å². The molecule has 1 amide bonds. The number of rotatable bonds is 8. The Morgan fingerprint density at radius 2 is 1.77 bits per heavy atom. The van der Waals surface area contributed by atoms with Crippen molar-refractivity contribution in [3.63, 3.8) is 0 Å². The molecule has 0 heterocycles. The third-order valence-electron chi connectivity index (χ3n) is 5.42. The number of phenols is 1. The standard InChI is InChI=1S/C23H27ClN2O4S/c1-25(31-19-10-7-17(24)8-11-19)15-22(28)26(14-16-5-3-2-4-6-16)18-9-12-20(23(29)30)21(27)13-18/h7-13,16,27H,2-6,14-15H2,1H3,(H,29,30). The molecule has 0 radical (unpaired) electrons. The van der Waals surface area contributed by atoms with Gasteiger partial charge in [0.15, 0.2) is 0 Å². The molecule has 6 nitrogen and oxygen atoms in total. The fourth-order valence-electron chi connectivity index (χ4n) is 3.83. The zero-order chi connectivity index (χ0) is 22.4. The molecule has 0 bridgehead atoms. The third kappa shape index (κ3) is 6.63. The second-order valence-corrected chi connectivity index (χ2v) is 9.56. The lowest BCUT2D eigenvalue weighted by Gasteiger charge is -2.31. The SMILES string of the molecule is CN(CC(=O)N(CC1CCCCC1)c1ccc(C(=O)O)c(O)c1)Sc1ccc(Cl)cc1. The molecule has 0 saturated heterocycles. The normalized spacial score (nSPS) is 14.5. The Bertz CT molecular complexity index is 916. The van der Waals surface area contributed by atoms with Crippen molar-refractivity contribution in [2.75, 3.05) is 25.0 Å². The zero-order valence-electron chi connectivity index (χ0n) is 17.5. The van der Waals surface area contributed by atoms with Crippen LogP contribution in [0, 0.1) is 5.92 Å². The number of carbonyl (C=O) groups excluding carboxylic acids is 1. The van der Waals surface area contributed by atoms with Gasteiger partial charge in [-0.3, -0.25) is 4.79 Å². The van der Waals surface area contributed by atoms with Crippen molar-refractivity contribution in [2.45, 2.75) is 37.0 Å². The molecule has 1 fully saturated rings. The number of carbonyl (C=O) groups is 2. The molecule has 1 saturated carbocycles. The average molecular weight is 463 g/mol. The minimum absolute atomic E-state index is 0.1000. The Balaban J connectivity index is 1.76. The van der Waals surface area contributed by atoms with E-state index in [1.165, 1.54) is 30.5 Å². The second-order valence-electron chi connectivity index (χ2n) is 7.85. The highest BCUT2D eigenvalue weighted by atomic mass is 35.5. The van der Waals surface area contributed by atoms with Gasteiger partial charge in [-0.15, -0.1) is 0 Å². The van der Waals surface area contributed by atoms with E-state index in [2.05, 4.69) is 0 Å². The van der Waals surface area contributed by atoms with E-state index in [1.807, 2.05) is 35.6 Å². The average Bonchev–Trinajstić information content (AvgIpc) is 2.74. The minimum Gasteiger partial charge on any atom is -0.507 e. The van der Waals surface area contributed by atoms with E-state index in [0.717, 1.165) is 30.6 Å². The van der Waals surface area contributed by atoms with Gasteiger partial charge in [0, 0.05) is 28.2 Å². The van der Waals surface area contributed by atoms with Crippen LogP contribution in [-0.2, 0) is 4.79 Å². The quantitative estimate of drug-likeness (QED) is 0.518. The number of carboxylic acid groups (broad SMARTS) is 1. The molecule has 0 aliphatic heterocycles. The summed E-state index contributed by atoms with van der Waals surface area (Å²) in [7, 11) is 1.85. The van der Waals surface area contributed by atoms with Crippen molar-refractivity contribution >= 4 is 41.1 Å². The van der Waals surface area contributed by atoms with Crippen molar-refractivity contribution in [2.24, 2.45) is 5.92 Å². The second kappa shape index (κ2) is 10.9. The van der Waals surface area contributed by atoms with Crippen molar-refractivity contribution in [1.29, 1.82) is 0 Å². The molecule has 2 N–H and O–H groups in total. The Labute approximate surface area is 191 Å². The summed E-state index contributed by atoms with van der Waals surface area (Å²) in [5.41, 5.74) is 0.340. The van der Waals surface area contributed by atoms with Crippen LogP contribution in [0.2, 0.25) is 5.02 Å². The number of aromatic carboxylic acids is 1. The number of benzene rings is 2. The summed E-state index contributed by atoms with van der Waals surface area (Å²) in [5, 5.41) is 20.0. The van der Waals surface area contributed by atoms with Crippen LogP contribution in [0.5, 0.6) is 5.75 Å². The molecule has 2 aromatic carbocycles. The van der Waals surface area contributed by atoms with E-state index in [9.17, 15) is 19.8 Å². The lowest BCUT2D eigenvalue weighted by molar-refractivity contribution is -0.118. The molecular formula is C23H27ClN2O4S. The van der Waals surface area contributed by atoms with E-state index < -0.39 is 5.97 Å². The molecule has 166 valence electrons. The Morgan fingerprint density at radius 3 is 2.39 bits per heavy atom. The molecule has 2 aromatic rings. The number of aromatic hydroxyl groups is 1. The first kappa shape index (κ1) is 23.4. The maximum Gasteiger partial charge on any atom is 0.339 e. The molecule has 0 atom stereocenters. The van der Waals surface area contributed by atoms with Gasteiger partial charge in [0.25, 0.3) is 0 Å². The summed E-state index contributed by atoms with van der Waals surface area (Å²) < 4.78 is 1.85. The summed E-state index contributed by atoms with van der Waals surface area (Å²) in [5.74, 6) is -1.24. The smallest absolute Gasteiger partial charge is 0.339 e. The number of amides is 1. The predicted molar refractivity (Wildman–Crippen MR) is 124 cm³/mol. The molecule has 0 aromatic heterocycles. The highest BCUT2D eigenvalue weighted by Crippen LogP contribution is 2.30. The van der Waals surface area contributed by atoms with Crippen LogP contribution in [-0.4, -0.2) is 46.5 Å². The number of hydrogen-bond acceptors (Lipinski definition) is 5. The zero-order valence-corrected chi connectivity index (χ0v) is 19.0. The lowest BCUT2D eigenvalue weighted by atomic mass is 9.89. The van der Waals surface area contributed by atoms with Gasteiger partial charge in [-0.1, -0.05) is 30.9 Å². The fourth-order valence-corrected chi connectivity index (χ4v) is 4.75. The molecule has 1 aliphatic carbocycles. The first-order chi connectivity index (χ1) is 14.8. The molecule has 1 aliphatic rings. The summed E-state index contributed by atoms with van der Waals surface area (Å²) in [4.78, 5) is 27.1. The predicted octanol–water partition coefficient (Wildman–Crippen LogP) is 5.30. The summed E-state index contributed by atoms with van der Waals surface area (Å²) in [6, 6.07) is 11.7. The molecule has 8 heteroatoms. The van der Waals surface area contributed by atoms with Crippen molar-refractivity contribution in [3.8, 4) is 5.75 Å². The largest absolute Gasteiger partial charge is 0.507 e. The topological polar surface area (TPSA) is 81.1 Å². The van der Waals surface area contributed by atoms with Gasteiger partial charge >= 0.3 is 5.97 Å². The lowest BCUT2D eigenvalue weighted by Crippen LogP contribution is -2.40. The van der Waals surface area contributed by atoms with Crippen LogP contribution in [0.4, 0.5) is 5.69 Å². The first-order valence-electron chi connectivity index (χ1n) is 10.3. The van der Waals surface area contributed by atoms with Gasteiger partial charge in [-0.2, -0.15) is 0 Å². The van der Waals surface area contributed by atoms with Crippen LogP contribution in [0.1, 0.15) is 42.5 Å². The van der Waals surface area contributed by atoms with E-state index in [-0.39, 0.29) is 23.8 Å². The number of carboxylic acids is 1. The number of hydrogen-bond donors (Lipinski definition) is 2. The van der Waals surface area contributed by atoms with E-state index in [4.69, 9.17) is 11.6 Å². The van der Waals surface area contributed by atoms with Crippen LogP contribution in [0.15, 0.2) is 47.4 Å². The summed E-state index contributed by atoms with van der Waals surface area (Å²) >= 11 is 7.39. The number of halogens is 1. The Kier molecular flexibility index (Phi) is 8.23. The van der Waals surface area contributed by atoms with E-state index >= 15 is 0 Å². The highest BCUT2D eigenvalue weighted by molar-refractivity contribution is 7.97. The molecule has 31 heavy (non-hydrogen) atoms. The summed E-state index contributed by atoms with van der Waals surface area (Å²) in [6.45, 7) is 0.728. The molecule has 0 spiro atoms. The number of nitrogens with zero attached hydrogens (tertiary/aromatic N) is 2. The summed E-state index contributed by atoms with van der Waals surface area (Å²) in [6.07, 6.45) is 5.67. The highest BCUT2D eigenvalue weighted by Gasteiger charge is 2.24. The van der Waals surface area contributed by atoms with Crippen LogP contribution in [0.25, 0.3) is 0 Å². The Hall–Kier alpha value is -2.22. The third-order valence-corrected chi connectivity index (χ3v) is 6.60. The minimum atomic E-state index is -1.20. The van der Waals surface area contributed by atoms with Gasteiger partial charge in [0.1, 0.15) is 11.3 Å². The van der Waals surface area contributed by atoms with Crippen molar-refractivity contribution < 1.29 is 19.8 Å². The Morgan fingerprint density at radius 1 is 1.10 bits per heavy atom. The van der Waals surface area contributed by atoms with Crippen LogP contribution >= 0.6 is 23.5 Å². The van der Waals surface area contributed by atoms with Gasteiger partial charge in [0.2, 0.25) is 5.91 Å².